The van der Waals surface area contributed by atoms with E-state index in [-0.39, 0.29) is 6.10 Å². The number of rotatable bonds is 6. The number of para-hydroxylation sites is 1. The molecule has 0 aliphatic carbocycles. The van der Waals surface area contributed by atoms with E-state index in [1.54, 1.807) is 7.11 Å². The standard InChI is InChI=1S/C16H22N2O4/c1-21-14-7-3-2-5-12(14)8-9-17-15(19)16(20)18-11-13-6-4-10-22-13/h2-3,5,7,13H,4,6,8-11H2,1H3,(H,17,19)(H,18,20). The predicted octanol–water partition coefficient (Wildman–Crippen LogP) is 0.649. The highest BCUT2D eigenvalue weighted by Crippen LogP contribution is 2.17. The molecule has 0 radical (unpaired) electrons. The molecule has 1 atom stereocenters. The molecule has 1 heterocycles. The van der Waals surface area contributed by atoms with Gasteiger partial charge in [-0.05, 0) is 30.9 Å². The molecule has 1 aromatic rings. The van der Waals surface area contributed by atoms with Gasteiger partial charge in [0.15, 0.2) is 0 Å². The van der Waals surface area contributed by atoms with Crippen molar-refractivity contribution in [2.24, 2.45) is 0 Å². The summed E-state index contributed by atoms with van der Waals surface area (Å²) in [5, 5.41) is 5.21. The predicted molar refractivity (Wildman–Crippen MR) is 81.7 cm³/mol. The van der Waals surface area contributed by atoms with Crippen LogP contribution in [0.1, 0.15) is 18.4 Å². The van der Waals surface area contributed by atoms with Crippen LogP contribution in [0.25, 0.3) is 0 Å². The molecule has 120 valence electrons. The first-order chi connectivity index (χ1) is 10.7. The Balaban J connectivity index is 1.69. The van der Waals surface area contributed by atoms with Crippen molar-refractivity contribution >= 4 is 11.8 Å². The Morgan fingerprint density at radius 1 is 1.27 bits per heavy atom. The molecule has 1 fully saturated rings. The molecule has 0 aromatic heterocycles. The number of carbonyl (C=O) groups is 2. The van der Waals surface area contributed by atoms with Crippen molar-refractivity contribution in [3.05, 3.63) is 29.8 Å². The average Bonchev–Trinajstić information content (AvgIpc) is 3.06. The maximum absolute atomic E-state index is 11.7. The number of benzene rings is 1. The van der Waals surface area contributed by atoms with E-state index >= 15 is 0 Å². The van der Waals surface area contributed by atoms with Gasteiger partial charge in [-0.25, -0.2) is 0 Å². The normalized spacial score (nSPS) is 17.0. The van der Waals surface area contributed by atoms with Crippen molar-refractivity contribution in [1.82, 2.24) is 10.6 Å². The van der Waals surface area contributed by atoms with E-state index < -0.39 is 11.8 Å². The van der Waals surface area contributed by atoms with E-state index in [1.807, 2.05) is 24.3 Å². The van der Waals surface area contributed by atoms with E-state index in [0.717, 1.165) is 30.8 Å². The van der Waals surface area contributed by atoms with Gasteiger partial charge in [0.2, 0.25) is 0 Å². The van der Waals surface area contributed by atoms with Gasteiger partial charge in [0.25, 0.3) is 0 Å². The molecule has 1 aromatic carbocycles. The van der Waals surface area contributed by atoms with Gasteiger partial charge in [-0.2, -0.15) is 0 Å². The Morgan fingerprint density at radius 2 is 2.05 bits per heavy atom. The number of hydrogen-bond donors (Lipinski definition) is 2. The average molecular weight is 306 g/mol. The lowest BCUT2D eigenvalue weighted by atomic mass is 10.1. The van der Waals surface area contributed by atoms with Crippen LogP contribution in [0.5, 0.6) is 5.75 Å². The van der Waals surface area contributed by atoms with E-state index in [1.165, 1.54) is 0 Å². The molecular formula is C16H22N2O4. The van der Waals surface area contributed by atoms with Crippen LogP contribution in [0, 0.1) is 0 Å². The number of amides is 2. The Bertz CT molecular complexity index is 513. The quantitative estimate of drug-likeness (QED) is 0.757. The molecule has 0 spiro atoms. The maximum Gasteiger partial charge on any atom is 0.309 e. The monoisotopic (exact) mass is 306 g/mol. The topological polar surface area (TPSA) is 76.7 Å². The first-order valence-corrected chi connectivity index (χ1v) is 7.50. The van der Waals surface area contributed by atoms with E-state index in [9.17, 15) is 9.59 Å². The fourth-order valence-corrected chi connectivity index (χ4v) is 2.39. The van der Waals surface area contributed by atoms with E-state index in [4.69, 9.17) is 9.47 Å². The Morgan fingerprint density at radius 3 is 2.77 bits per heavy atom. The second-order valence-electron chi connectivity index (χ2n) is 5.16. The van der Waals surface area contributed by atoms with Crippen molar-refractivity contribution in [3.63, 3.8) is 0 Å². The number of carbonyl (C=O) groups excluding carboxylic acids is 2. The molecule has 22 heavy (non-hydrogen) atoms. The molecular weight excluding hydrogens is 284 g/mol. The first-order valence-electron chi connectivity index (χ1n) is 7.50. The third-order valence-electron chi connectivity index (χ3n) is 3.59. The van der Waals surface area contributed by atoms with Gasteiger partial charge >= 0.3 is 11.8 Å². The molecule has 1 aliphatic rings. The number of ether oxygens (including phenoxy) is 2. The summed E-state index contributed by atoms with van der Waals surface area (Å²) < 4.78 is 10.6. The third kappa shape index (κ3) is 4.73. The zero-order valence-corrected chi connectivity index (χ0v) is 12.8. The van der Waals surface area contributed by atoms with Gasteiger partial charge in [0.05, 0.1) is 13.2 Å². The summed E-state index contributed by atoms with van der Waals surface area (Å²) in [6, 6.07) is 7.60. The van der Waals surface area contributed by atoms with Gasteiger partial charge < -0.3 is 20.1 Å². The molecule has 6 heteroatoms. The van der Waals surface area contributed by atoms with Crippen molar-refractivity contribution in [3.8, 4) is 5.75 Å². The van der Waals surface area contributed by atoms with Crippen LogP contribution in [-0.4, -0.2) is 44.7 Å². The molecule has 1 unspecified atom stereocenters. The van der Waals surface area contributed by atoms with Crippen LogP contribution < -0.4 is 15.4 Å². The number of methoxy groups -OCH3 is 1. The highest BCUT2D eigenvalue weighted by atomic mass is 16.5. The van der Waals surface area contributed by atoms with E-state index in [2.05, 4.69) is 10.6 Å². The summed E-state index contributed by atoms with van der Waals surface area (Å²) in [6.07, 6.45) is 2.57. The van der Waals surface area contributed by atoms with Crippen LogP contribution in [-0.2, 0) is 20.7 Å². The fraction of sp³-hybridized carbons (Fsp3) is 0.500. The fourth-order valence-electron chi connectivity index (χ4n) is 2.39. The van der Waals surface area contributed by atoms with Crippen molar-refractivity contribution in [2.45, 2.75) is 25.4 Å². The Hall–Kier alpha value is -2.08. The molecule has 2 amide bonds. The first kappa shape index (κ1) is 16.3. The molecule has 6 nitrogen and oxygen atoms in total. The van der Waals surface area contributed by atoms with Crippen LogP contribution in [0.3, 0.4) is 0 Å². The van der Waals surface area contributed by atoms with Crippen LogP contribution >= 0.6 is 0 Å². The minimum atomic E-state index is -0.618. The second-order valence-corrected chi connectivity index (χ2v) is 5.16. The molecule has 0 bridgehead atoms. The summed E-state index contributed by atoms with van der Waals surface area (Å²) in [4.78, 5) is 23.4. The van der Waals surface area contributed by atoms with Crippen LogP contribution in [0.4, 0.5) is 0 Å². The maximum atomic E-state index is 11.7. The van der Waals surface area contributed by atoms with E-state index in [0.29, 0.717) is 19.5 Å². The van der Waals surface area contributed by atoms with Gasteiger partial charge in [0, 0.05) is 19.7 Å². The second kappa shape index (κ2) is 8.38. The number of hydrogen-bond acceptors (Lipinski definition) is 4. The van der Waals surface area contributed by atoms with Crippen LogP contribution in [0.15, 0.2) is 24.3 Å². The van der Waals surface area contributed by atoms with Crippen molar-refractivity contribution in [2.75, 3.05) is 26.8 Å². The zero-order valence-electron chi connectivity index (χ0n) is 12.8. The Labute approximate surface area is 130 Å². The molecule has 0 saturated carbocycles. The third-order valence-corrected chi connectivity index (χ3v) is 3.59. The van der Waals surface area contributed by atoms with Crippen LogP contribution in [0.2, 0.25) is 0 Å². The Kier molecular flexibility index (Phi) is 6.21. The summed E-state index contributed by atoms with van der Waals surface area (Å²) >= 11 is 0. The summed E-state index contributed by atoms with van der Waals surface area (Å²) in [5.41, 5.74) is 0.991. The zero-order chi connectivity index (χ0) is 15.8. The summed E-state index contributed by atoms with van der Waals surface area (Å²) in [7, 11) is 1.61. The highest BCUT2D eigenvalue weighted by molar-refractivity contribution is 6.35. The highest BCUT2D eigenvalue weighted by Gasteiger charge is 2.19. The summed E-state index contributed by atoms with van der Waals surface area (Å²) in [5.74, 6) is -0.456. The van der Waals surface area contributed by atoms with Gasteiger partial charge in [0.1, 0.15) is 5.75 Å². The molecule has 1 aliphatic heterocycles. The largest absolute Gasteiger partial charge is 0.496 e. The van der Waals surface area contributed by atoms with Crippen molar-refractivity contribution in [1.29, 1.82) is 0 Å². The lowest BCUT2D eigenvalue weighted by molar-refractivity contribution is -0.139. The van der Waals surface area contributed by atoms with Gasteiger partial charge in [-0.15, -0.1) is 0 Å². The number of nitrogens with one attached hydrogen (secondary N) is 2. The minimum Gasteiger partial charge on any atom is -0.496 e. The lowest BCUT2D eigenvalue weighted by Gasteiger charge is -2.11. The van der Waals surface area contributed by atoms with Gasteiger partial charge in [-0.1, -0.05) is 18.2 Å². The van der Waals surface area contributed by atoms with Gasteiger partial charge in [-0.3, -0.25) is 9.59 Å². The summed E-state index contributed by atoms with van der Waals surface area (Å²) in [6.45, 7) is 1.50. The van der Waals surface area contributed by atoms with Crippen molar-refractivity contribution < 1.29 is 19.1 Å². The lowest BCUT2D eigenvalue weighted by Crippen LogP contribution is -2.43. The minimum absolute atomic E-state index is 0.0327. The molecule has 2 N–H and O–H groups in total. The molecule has 1 saturated heterocycles. The molecule has 2 rings (SSSR count). The smallest absolute Gasteiger partial charge is 0.309 e. The SMILES string of the molecule is COc1ccccc1CCNC(=O)C(=O)NCC1CCCO1.